The van der Waals surface area contributed by atoms with Crippen LogP contribution >= 0.6 is 0 Å². The summed E-state index contributed by atoms with van der Waals surface area (Å²) in [4.78, 5) is 3.30. The lowest BCUT2D eigenvalue weighted by Gasteiger charge is -2.05. The molecule has 98 valence electrons. The van der Waals surface area contributed by atoms with Crippen LogP contribution < -0.4 is 10.6 Å². The standard InChI is InChI=1S/C15H23N3/c1-2-8-16-9-5-10-17-11-13-12-18-15-7-4-3-6-14(13)15/h3-4,6-7,12,16-18H,2,5,8-11H2,1H3. The van der Waals surface area contributed by atoms with Crippen molar-refractivity contribution in [1.82, 2.24) is 15.6 Å². The molecule has 2 aromatic rings. The Morgan fingerprint density at radius 2 is 1.89 bits per heavy atom. The molecule has 3 nitrogen and oxygen atoms in total. The summed E-state index contributed by atoms with van der Waals surface area (Å²) in [5.74, 6) is 0. The van der Waals surface area contributed by atoms with Gasteiger partial charge in [-0.25, -0.2) is 0 Å². The van der Waals surface area contributed by atoms with E-state index in [0.29, 0.717) is 0 Å². The molecular weight excluding hydrogens is 222 g/mol. The first-order valence-corrected chi connectivity index (χ1v) is 6.88. The average molecular weight is 245 g/mol. The SMILES string of the molecule is CCCNCCCNCc1c[nH]c2ccccc12. The van der Waals surface area contributed by atoms with E-state index in [9.17, 15) is 0 Å². The molecule has 18 heavy (non-hydrogen) atoms. The predicted octanol–water partition coefficient (Wildman–Crippen LogP) is 2.65. The third-order valence-corrected chi connectivity index (χ3v) is 3.12. The molecule has 0 unspecified atom stereocenters. The number of aromatic nitrogens is 1. The second-order valence-corrected chi connectivity index (χ2v) is 4.64. The molecular formula is C15H23N3. The molecule has 0 radical (unpaired) electrons. The fourth-order valence-electron chi connectivity index (χ4n) is 2.14. The number of rotatable bonds is 8. The summed E-state index contributed by atoms with van der Waals surface area (Å²) in [6.07, 6.45) is 4.50. The Morgan fingerprint density at radius 1 is 1.06 bits per heavy atom. The molecule has 0 saturated heterocycles. The van der Waals surface area contributed by atoms with Crippen molar-refractivity contribution in [2.24, 2.45) is 0 Å². The molecule has 0 atom stereocenters. The van der Waals surface area contributed by atoms with Gasteiger partial charge in [-0.2, -0.15) is 0 Å². The lowest BCUT2D eigenvalue weighted by atomic mass is 10.2. The van der Waals surface area contributed by atoms with E-state index >= 15 is 0 Å². The van der Waals surface area contributed by atoms with Gasteiger partial charge >= 0.3 is 0 Å². The minimum Gasteiger partial charge on any atom is -0.361 e. The number of fused-ring (bicyclic) bond motifs is 1. The van der Waals surface area contributed by atoms with Gasteiger partial charge in [0.2, 0.25) is 0 Å². The first-order chi connectivity index (χ1) is 8.92. The van der Waals surface area contributed by atoms with Gasteiger partial charge in [-0.3, -0.25) is 0 Å². The molecule has 3 N–H and O–H groups in total. The van der Waals surface area contributed by atoms with Gasteiger partial charge in [0.25, 0.3) is 0 Å². The van der Waals surface area contributed by atoms with Gasteiger partial charge in [0.15, 0.2) is 0 Å². The fraction of sp³-hybridized carbons (Fsp3) is 0.467. The van der Waals surface area contributed by atoms with E-state index < -0.39 is 0 Å². The maximum Gasteiger partial charge on any atom is 0.0457 e. The fourth-order valence-corrected chi connectivity index (χ4v) is 2.14. The van der Waals surface area contributed by atoms with Gasteiger partial charge in [0.05, 0.1) is 0 Å². The number of H-pyrrole nitrogens is 1. The Morgan fingerprint density at radius 3 is 2.78 bits per heavy atom. The first kappa shape index (κ1) is 13.1. The zero-order valence-corrected chi connectivity index (χ0v) is 11.1. The van der Waals surface area contributed by atoms with Crippen LogP contribution in [0.5, 0.6) is 0 Å². The molecule has 0 aliphatic carbocycles. The van der Waals surface area contributed by atoms with Gasteiger partial charge in [-0.05, 0) is 44.1 Å². The summed E-state index contributed by atoms with van der Waals surface area (Å²) in [6.45, 7) is 6.44. The summed E-state index contributed by atoms with van der Waals surface area (Å²) in [5.41, 5.74) is 2.58. The molecule has 1 heterocycles. The van der Waals surface area contributed by atoms with Gasteiger partial charge in [-0.1, -0.05) is 25.1 Å². The van der Waals surface area contributed by atoms with Crippen LogP contribution in [0.1, 0.15) is 25.3 Å². The summed E-state index contributed by atoms with van der Waals surface area (Å²) >= 11 is 0. The highest BCUT2D eigenvalue weighted by molar-refractivity contribution is 5.82. The Labute approximate surface area is 109 Å². The van der Waals surface area contributed by atoms with Crippen molar-refractivity contribution in [3.8, 4) is 0 Å². The summed E-state index contributed by atoms with van der Waals surface area (Å²) < 4.78 is 0. The Bertz CT molecular complexity index is 461. The minimum absolute atomic E-state index is 0.942. The van der Waals surface area contributed by atoms with Crippen molar-refractivity contribution in [2.75, 3.05) is 19.6 Å². The van der Waals surface area contributed by atoms with Gasteiger partial charge < -0.3 is 15.6 Å². The molecule has 3 heteroatoms. The van der Waals surface area contributed by atoms with Crippen molar-refractivity contribution in [2.45, 2.75) is 26.3 Å². The second-order valence-electron chi connectivity index (χ2n) is 4.64. The third-order valence-electron chi connectivity index (χ3n) is 3.12. The predicted molar refractivity (Wildman–Crippen MR) is 77.8 cm³/mol. The quantitative estimate of drug-likeness (QED) is 0.626. The monoisotopic (exact) mass is 245 g/mol. The zero-order chi connectivity index (χ0) is 12.6. The van der Waals surface area contributed by atoms with Crippen LogP contribution in [0.25, 0.3) is 10.9 Å². The van der Waals surface area contributed by atoms with E-state index in [1.165, 1.54) is 29.3 Å². The summed E-state index contributed by atoms with van der Waals surface area (Å²) in [7, 11) is 0. The largest absolute Gasteiger partial charge is 0.361 e. The van der Waals surface area contributed by atoms with Crippen molar-refractivity contribution < 1.29 is 0 Å². The van der Waals surface area contributed by atoms with Gasteiger partial charge in [0, 0.05) is 23.6 Å². The molecule has 1 aromatic heterocycles. The van der Waals surface area contributed by atoms with E-state index in [0.717, 1.165) is 26.2 Å². The molecule has 2 rings (SSSR count). The molecule has 1 aromatic carbocycles. The third kappa shape index (κ3) is 3.59. The van der Waals surface area contributed by atoms with Crippen LogP contribution in [0.2, 0.25) is 0 Å². The van der Waals surface area contributed by atoms with E-state index in [1.807, 2.05) is 0 Å². The lowest BCUT2D eigenvalue weighted by molar-refractivity contribution is 0.593. The van der Waals surface area contributed by atoms with E-state index in [-0.39, 0.29) is 0 Å². The van der Waals surface area contributed by atoms with Crippen LogP contribution in [0, 0.1) is 0 Å². The number of hydrogen-bond donors (Lipinski definition) is 3. The van der Waals surface area contributed by atoms with E-state index in [1.54, 1.807) is 0 Å². The normalized spacial score (nSPS) is 11.2. The van der Waals surface area contributed by atoms with Crippen LogP contribution in [0.4, 0.5) is 0 Å². The first-order valence-electron chi connectivity index (χ1n) is 6.88. The Hall–Kier alpha value is -1.32. The summed E-state index contributed by atoms with van der Waals surface area (Å²) in [6, 6.07) is 8.45. The maximum atomic E-state index is 3.50. The lowest BCUT2D eigenvalue weighted by Crippen LogP contribution is -2.22. The van der Waals surface area contributed by atoms with Gasteiger partial charge in [0.1, 0.15) is 0 Å². The van der Waals surface area contributed by atoms with Crippen molar-refractivity contribution in [3.05, 3.63) is 36.0 Å². The molecule has 0 fully saturated rings. The number of aromatic amines is 1. The topological polar surface area (TPSA) is 39.8 Å². The second kappa shape index (κ2) is 7.19. The highest BCUT2D eigenvalue weighted by atomic mass is 14.9. The van der Waals surface area contributed by atoms with Crippen LogP contribution in [-0.4, -0.2) is 24.6 Å². The van der Waals surface area contributed by atoms with E-state index in [4.69, 9.17) is 0 Å². The van der Waals surface area contributed by atoms with Gasteiger partial charge in [-0.15, -0.1) is 0 Å². The number of nitrogens with one attached hydrogen (secondary N) is 3. The molecule has 0 bridgehead atoms. The number of hydrogen-bond acceptors (Lipinski definition) is 2. The Kier molecular flexibility index (Phi) is 5.24. The molecule has 0 amide bonds. The number of para-hydroxylation sites is 1. The number of benzene rings is 1. The zero-order valence-electron chi connectivity index (χ0n) is 11.1. The van der Waals surface area contributed by atoms with Crippen molar-refractivity contribution in [1.29, 1.82) is 0 Å². The Balaban J connectivity index is 1.70. The van der Waals surface area contributed by atoms with Crippen molar-refractivity contribution >= 4 is 10.9 Å². The van der Waals surface area contributed by atoms with Crippen molar-refractivity contribution in [3.63, 3.8) is 0 Å². The van der Waals surface area contributed by atoms with Crippen LogP contribution in [-0.2, 0) is 6.54 Å². The highest BCUT2D eigenvalue weighted by Gasteiger charge is 2.01. The minimum atomic E-state index is 0.942. The average Bonchev–Trinajstić information content (AvgIpc) is 2.81. The maximum absolute atomic E-state index is 3.50. The smallest absolute Gasteiger partial charge is 0.0457 e. The van der Waals surface area contributed by atoms with Crippen LogP contribution in [0.15, 0.2) is 30.5 Å². The molecule has 0 aliphatic heterocycles. The summed E-state index contributed by atoms with van der Waals surface area (Å²) in [5, 5.41) is 8.24. The molecule has 0 saturated carbocycles. The molecule has 0 spiro atoms. The highest BCUT2D eigenvalue weighted by Crippen LogP contribution is 2.16. The van der Waals surface area contributed by atoms with Crippen LogP contribution in [0.3, 0.4) is 0 Å². The van der Waals surface area contributed by atoms with E-state index in [2.05, 4.69) is 53.0 Å². The molecule has 0 aliphatic rings.